The number of nitrogens with zero attached hydrogens (tertiary/aromatic N) is 2. The molecule has 2 aromatic heterocycles. The van der Waals surface area contributed by atoms with Crippen LogP contribution in [0, 0.1) is 0 Å². The summed E-state index contributed by atoms with van der Waals surface area (Å²) in [5.74, 6) is 1.14. The average Bonchev–Trinajstić information content (AvgIpc) is 3.24. The van der Waals surface area contributed by atoms with Crippen LogP contribution >= 0.6 is 11.3 Å². The molecule has 0 fully saturated rings. The molecule has 0 radical (unpaired) electrons. The van der Waals surface area contributed by atoms with Crippen molar-refractivity contribution in [3.8, 4) is 16.4 Å². The van der Waals surface area contributed by atoms with Crippen molar-refractivity contribution < 1.29 is 14.1 Å². The standard InChI is InChI=1S/C17H14N2O3S/c1-11-10-19(13-5-2-3-6-14(13)21-11)17(20)12-9-15(22-18-12)16-7-4-8-23-16/h2-9,11H,10H2,1H3. The highest BCUT2D eigenvalue weighted by Crippen LogP contribution is 2.34. The number of fused-ring (bicyclic) bond motifs is 1. The highest BCUT2D eigenvalue weighted by molar-refractivity contribution is 7.13. The number of rotatable bonds is 2. The second-order valence-corrected chi connectivity index (χ2v) is 6.31. The van der Waals surface area contributed by atoms with Gasteiger partial charge in [-0.25, -0.2) is 0 Å². The van der Waals surface area contributed by atoms with Gasteiger partial charge in [0.2, 0.25) is 0 Å². The molecule has 1 amide bonds. The monoisotopic (exact) mass is 326 g/mol. The summed E-state index contributed by atoms with van der Waals surface area (Å²) in [6.45, 7) is 2.42. The van der Waals surface area contributed by atoms with Gasteiger partial charge in [0.1, 0.15) is 11.9 Å². The fourth-order valence-corrected chi connectivity index (χ4v) is 3.30. The summed E-state index contributed by atoms with van der Waals surface area (Å²) in [6.07, 6.45) is -0.0717. The summed E-state index contributed by atoms with van der Waals surface area (Å²) < 4.78 is 11.1. The third-order valence-electron chi connectivity index (χ3n) is 3.66. The van der Waals surface area contributed by atoms with E-state index < -0.39 is 0 Å². The molecule has 1 aliphatic heterocycles. The average molecular weight is 326 g/mol. The van der Waals surface area contributed by atoms with E-state index in [9.17, 15) is 4.79 Å². The lowest BCUT2D eigenvalue weighted by Gasteiger charge is -2.32. The van der Waals surface area contributed by atoms with Gasteiger partial charge in [0.15, 0.2) is 11.5 Å². The molecule has 5 nitrogen and oxygen atoms in total. The van der Waals surface area contributed by atoms with Crippen molar-refractivity contribution in [2.75, 3.05) is 11.4 Å². The molecule has 0 bridgehead atoms. The third-order valence-corrected chi connectivity index (χ3v) is 4.55. The predicted octanol–water partition coefficient (Wildman–Crippen LogP) is 3.83. The van der Waals surface area contributed by atoms with Crippen LogP contribution in [-0.2, 0) is 0 Å². The van der Waals surface area contributed by atoms with Gasteiger partial charge in [-0.1, -0.05) is 23.4 Å². The topological polar surface area (TPSA) is 55.6 Å². The lowest BCUT2D eigenvalue weighted by molar-refractivity contribution is 0.0952. The quantitative estimate of drug-likeness (QED) is 0.718. The summed E-state index contributed by atoms with van der Waals surface area (Å²) in [5.41, 5.74) is 1.06. The number of anilines is 1. The Morgan fingerprint density at radius 3 is 3.00 bits per heavy atom. The number of carbonyl (C=O) groups is 1. The molecule has 6 heteroatoms. The first-order valence-electron chi connectivity index (χ1n) is 7.30. The summed E-state index contributed by atoms with van der Waals surface area (Å²) in [5, 5.41) is 5.90. The first kappa shape index (κ1) is 14.0. The minimum atomic E-state index is -0.181. The fourth-order valence-electron chi connectivity index (χ4n) is 2.63. The number of hydrogen-bond donors (Lipinski definition) is 0. The fraction of sp³-hybridized carbons (Fsp3) is 0.176. The Labute approximate surface area is 137 Å². The molecule has 3 heterocycles. The molecule has 0 aliphatic carbocycles. The molecule has 0 saturated heterocycles. The van der Waals surface area contributed by atoms with Gasteiger partial charge >= 0.3 is 0 Å². The van der Waals surface area contributed by atoms with E-state index in [1.807, 2.05) is 48.7 Å². The molecule has 116 valence electrons. The largest absolute Gasteiger partial charge is 0.487 e. The summed E-state index contributed by atoms with van der Waals surface area (Å²) in [4.78, 5) is 15.5. The van der Waals surface area contributed by atoms with Crippen LogP contribution in [-0.4, -0.2) is 23.7 Å². The molecule has 0 N–H and O–H groups in total. The van der Waals surface area contributed by atoms with E-state index in [2.05, 4.69) is 5.16 Å². The van der Waals surface area contributed by atoms with Crippen LogP contribution in [0.1, 0.15) is 17.4 Å². The van der Waals surface area contributed by atoms with Gasteiger partial charge in [0, 0.05) is 6.07 Å². The van der Waals surface area contributed by atoms with Crippen molar-refractivity contribution in [1.82, 2.24) is 5.16 Å². The lowest BCUT2D eigenvalue weighted by Crippen LogP contribution is -2.42. The second kappa shape index (κ2) is 5.55. The number of ether oxygens (including phenoxy) is 1. The Bertz CT molecular complexity index is 841. The van der Waals surface area contributed by atoms with Crippen molar-refractivity contribution in [1.29, 1.82) is 0 Å². The molecule has 0 saturated carbocycles. The van der Waals surface area contributed by atoms with E-state index >= 15 is 0 Å². The normalized spacial score (nSPS) is 16.7. The Morgan fingerprint density at radius 1 is 1.30 bits per heavy atom. The summed E-state index contributed by atoms with van der Waals surface area (Å²) in [7, 11) is 0. The van der Waals surface area contributed by atoms with Crippen LogP contribution in [0.2, 0.25) is 0 Å². The Hall–Kier alpha value is -2.60. The molecular formula is C17H14N2O3S. The van der Waals surface area contributed by atoms with Crippen LogP contribution in [0.3, 0.4) is 0 Å². The van der Waals surface area contributed by atoms with Gasteiger partial charge in [0.05, 0.1) is 17.1 Å². The number of aromatic nitrogens is 1. The van der Waals surface area contributed by atoms with Gasteiger partial charge in [0.25, 0.3) is 5.91 Å². The zero-order chi connectivity index (χ0) is 15.8. The molecule has 1 aliphatic rings. The Kier molecular flexibility index (Phi) is 3.38. The molecule has 3 aromatic rings. The minimum Gasteiger partial charge on any atom is -0.487 e. The van der Waals surface area contributed by atoms with Crippen LogP contribution in [0.5, 0.6) is 5.75 Å². The first-order valence-corrected chi connectivity index (χ1v) is 8.18. The molecule has 1 aromatic carbocycles. The van der Waals surface area contributed by atoms with Gasteiger partial charge < -0.3 is 9.26 Å². The van der Waals surface area contributed by atoms with E-state index in [4.69, 9.17) is 9.26 Å². The van der Waals surface area contributed by atoms with Gasteiger partial charge in [-0.05, 0) is 30.5 Å². The highest BCUT2D eigenvalue weighted by atomic mass is 32.1. The van der Waals surface area contributed by atoms with Gasteiger partial charge in [-0.2, -0.15) is 0 Å². The molecule has 0 spiro atoms. The maximum atomic E-state index is 12.8. The number of thiophene rings is 1. The van der Waals surface area contributed by atoms with Crippen molar-refractivity contribution >= 4 is 22.9 Å². The number of benzene rings is 1. The van der Waals surface area contributed by atoms with E-state index in [-0.39, 0.29) is 12.0 Å². The molecule has 4 rings (SSSR count). The summed E-state index contributed by atoms with van der Waals surface area (Å²) in [6, 6.07) is 13.1. The molecule has 1 unspecified atom stereocenters. The number of carbonyl (C=O) groups excluding carboxylic acids is 1. The van der Waals surface area contributed by atoms with E-state index in [0.717, 1.165) is 10.6 Å². The summed E-state index contributed by atoms with van der Waals surface area (Å²) >= 11 is 1.55. The van der Waals surface area contributed by atoms with E-state index in [0.29, 0.717) is 23.7 Å². The zero-order valence-electron chi connectivity index (χ0n) is 12.4. The van der Waals surface area contributed by atoms with Crippen LogP contribution < -0.4 is 9.64 Å². The second-order valence-electron chi connectivity index (χ2n) is 5.37. The maximum absolute atomic E-state index is 12.8. The molecule has 23 heavy (non-hydrogen) atoms. The van der Waals surface area contributed by atoms with Crippen LogP contribution in [0.15, 0.2) is 52.4 Å². The SMILES string of the molecule is CC1CN(C(=O)c2cc(-c3cccs3)on2)c2ccccc2O1. The van der Waals surface area contributed by atoms with E-state index in [1.165, 1.54) is 0 Å². The number of para-hydroxylation sites is 2. The highest BCUT2D eigenvalue weighted by Gasteiger charge is 2.30. The number of hydrogen-bond acceptors (Lipinski definition) is 5. The van der Waals surface area contributed by atoms with Crippen LogP contribution in [0.4, 0.5) is 5.69 Å². The number of amides is 1. The Morgan fingerprint density at radius 2 is 2.17 bits per heavy atom. The van der Waals surface area contributed by atoms with Crippen molar-refractivity contribution in [2.45, 2.75) is 13.0 Å². The zero-order valence-corrected chi connectivity index (χ0v) is 13.2. The molecular weight excluding hydrogens is 312 g/mol. The van der Waals surface area contributed by atoms with E-state index in [1.54, 1.807) is 22.3 Å². The van der Waals surface area contributed by atoms with Crippen molar-refractivity contribution in [3.63, 3.8) is 0 Å². The first-order chi connectivity index (χ1) is 11.2. The van der Waals surface area contributed by atoms with Crippen LogP contribution in [0.25, 0.3) is 10.6 Å². The molecule has 1 atom stereocenters. The van der Waals surface area contributed by atoms with Crippen molar-refractivity contribution in [2.24, 2.45) is 0 Å². The minimum absolute atomic E-state index is 0.0717. The van der Waals surface area contributed by atoms with Gasteiger partial charge in [-0.3, -0.25) is 9.69 Å². The Balaban J connectivity index is 1.67. The predicted molar refractivity (Wildman–Crippen MR) is 88.0 cm³/mol. The lowest BCUT2D eigenvalue weighted by atomic mass is 10.2. The third kappa shape index (κ3) is 2.51. The van der Waals surface area contributed by atoms with Crippen molar-refractivity contribution in [3.05, 3.63) is 53.5 Å². The smallest absolute Gasteiger partial charge is 0.280 e. The maximum Gasteiger partial charge on any atom is 0.280 e. The van der Waals surface area contributed by atoms with Gasteiger partial charge in [-0.15, -0.1) is 11.3 Å².